The van der Waals surface area contributed by atoms with Crippen molar-refractivity contribution in [1.82, 2.24) is 25.1 Å². The highest BCUT2D eigenvalue weighted by atomic mass is 32.1. The van der Waals surface area contributed by atoms with Crippen LogP contribution in [-0.2, 0) is 13.6 Å². The first-order valence-electron chi connectivity index (χ1n) is 4.98. The van der Waals surface area contributed by atoms with Gasteiger partial charge in [-0.25, -0.2) is 0 Å². The Morgan fingerprint density at radius 3 is 3.00 bits per heavy atom. The third kappa shape index (κ3) is 2.56. The average Bonchev–Trinajstić information content (AvgIpc) is 2.68. The lowest BCUT2D eigenvalue weighted by atomic mass is 10.3. The van der Waals surface area contributed by atoms with Crippen LogP contribution in [-0.4, -0.2) is 25.7 Å². The number of amides is 1. The van der Waals surface area contributed by atoms with Crippen molar-refractivity contribution >= 4 is 18.1 Å². The second-order valence-corrected chi connectivity index (χ2v) is 3.79. The number of pyridine rings is 1. The Morgan fingerprint density at radius 1 is 1.59 bits per heavy atom. The zero-order chi connectivity index (χ0) is 12.3. The Balaban J connectivity index is 2.02. The van der Waals surface area contributed by atoms with Gasteiger partial charge in [0.2, 0.25) is 0 Å². The molecular formula is C10H11N5OS. The molecule has 0 aliphatic rings. The number of aromatic amines is 1. The molecular weight excluding hydrogens is 238 g/mol. The van der Waals surface area contributed by atoms with Gasteiger partial charge in [-0.2, -0.15) is 5.10 Å². The van der Waals surface area contributed by atoms with E-state index in [9.17, 15) is 4.79 Å². The smallest absolute Gasteiger partial charge is 0.270 e. The standard InChI is InChI=1S/C10H11N5OS/c1-15-8(13-14-10(15)17)6-12-9(16)7-4-2-3-5-11-7/h2-5H,6H2,1H3,(H,12,16)(H,14,17). The van der Waals surface area contributed by atoms with Crippen molar-refractivity contribution in [3.8, 4) is 0 Å². The monoisotopic (exact) mass is 249 g/mol. The lowest BCUT2D eigenvalue weighted by Gasteiger charge is -2.03. The van der Waals surface area contributed by atoms with Crippen LogP contribution in [0.4, 0.5) is 0 Å². The molecule has 0 bridgehead atoms. The Labute approximate surface area is 103 Å². The van der Waals surface area contributed by atoms with Crippen molar-refractivity contribution in [3.63, 3.8) is 0 Å². The van der Waals surface area contributed by atoms with Crippen LogP contribution in [0, 0.1) is 4.77 Å². The van der Waals surface area contributed by atoms with Crippen molar-refractivity contribution in [2.45, 2.75) is 6.54 Å². The second-order valence-electron chi connectivity index (χ2n) is 3.40. The number of H-pyrrole nitrogens is 1. The van der Waals surface area contributed by atoms with Gasteiger partial charge in [-0.3, -0.25) is 14.9 Å². The van der Waals surface area contributed by atoms with Crippen LogP contribution in [0.15, 0.2) is 24.4 Å². The van der Waals surface area contributed by atoms with Crippen LogP contribution >= 0.6 is 12.2 Å². The SMILES string of the molecule is Cn1c(CNC(=O)c2ccccn2)n[nH]c1=S. The van der Waals surface area contributed by atoms with E-state index < -0.39 is 0 Å². The Morgan fingerprint density at radius 2 is 2.41 bits per heavy atom. The summed E-state index contributed by atoms with van der Waals surface area (Å²) in [7, 11) is 1.79. The first-order chi connectivity index (χ1) is 8.18. The van der Waals surface area contributed by atoms with Gasteiger partial charge in [0, 0.05) is 13.2 Å². The lowest BCUT2D eigenvalue weighted by Crippen LogP contribution is -2.25. The fraction of sp³-hybridized carbons (Fsp3) is 0.200. The van der Waals surface area contributed by atoms with E-state index in [0.29, 0.717) is 22.8 Å². The van der Waals surface area contributed by atoms with Crippen LogP contribution in [0.25, 0.3) is 0 Å². The number of rotatable bonds is 3. The maximum absolute atomic E-state index is 11.7. The quantitative estimate of drug-likeness (QED) is 0.789. The molecule has 0 aliphatic carbocycles. The molecule has 2 rings (SSSR count). The minimum atomic E-state index is -0.237. The van der Waals surface area contributed by atoms with Gasteiger partial charge in [-0.05, 0) is 24.4 Å². The number of nitrogens with one attached hydrogen (secondary N) is 2. The second kappa shape index (κ2) is 4.88. The summed E-state index contributed by atoms with van der Waals surface area (Å²) < 4.78 is 2.22. The number of aromatic nitrogens is 4. The summed E-state index contributed by atoms with van der Waals surface area (Å²) in [5, 5.41) is 9.36. The van der Waals surface area contributed by atoms with Crippen molar-refractivity contribution < 1.29 is 4.79 Å². The van der Waals surface area contributed by atoms with Gasteiger partial charge in [0.1, 0.15) is 5.69 Å². The molecule has 0 atom stereocenters. The molecule has 7 heteroatoms. The maximum Gasteiger partial charge on any atom is 0.270 e. The van der Waals surface area contributed by atoms with E-state index >= 15 is 0 Å². The number of carbonyl (C=O) groups excluding carboxylic acids is 1. The lowest BCUT2D eigenvalue weighted by molar-refractivity contribution is 0.0944. The molecule has 0 spiro atoms. The molecule has 2 aromatic heterocycles. The number of nitrogens with zero attached hydrogens (tertiary/aromatic N) is 3. The van der Waals surface area contributed by atoms with E-state index in [1.165, 1.54) is 0 Å². The molecule has 0 fully saturated rings. The van der Waals surface area contributed by atoms with Crippen molar-refractivity contribution in [3.05, 3.63) is 40.7 Å². The largest absolute Gasteiger partial charge is 0.343 e. The van der Waals surface area contributed by atoms with E-state index in [-0.39, 0.29) is 5.91 Å². The Kier molecular flexibility index (Phi) is 3.29. The topological polar surface area (TPSA) is 75.6 Å². The van der Waals surface area contributed by atoms with Crippen LogP contribution < -0.4 is 5.32 Å². The summed E-state index contributed by atoms with van der Waals surface area (Å²) in [5.41, 5.74) is 0.379. The minimum Gasteiger partial charge on any atom is -0.343 e. The number of carbonyl (C=O) groups is 1. The maximum atomic E-state index is 11.7. The van der Waals surface area contributed by atoms with Crippen LogP contribution in [0.3, 0.4) is 0 Å². The predicted molar refractivity (Wildman–Crippen MR) is 63.8 cm³/mol. The van der Waals surface area contributed by atoms with Crippen molar-refractivity contribution in [1.29, 1.82) is 0 Å². The summed E-state index contributed by atoms with van der Waals surface area (Å²) in [6.07, 6.45) is 1.57. The van der Waals surface area contributed by atoms with Crippen LogP contribution in [0.2, 0.25) is 0 Å². The first-order valence-corrected chi connectivity index (χ1v) is 5.39. The van der Waals surface area contributed by atoms with Gasteiger partial charge in [0.05, 0.1) is 6.54 Å². The average molecular weight is 249 g/mol. The van der Waals surface area contributed by atoms with Crippen molar-refractivity contribution in [2.24, 2.45) is 7.05 Å². The zero-order valence-electron chi connectivity index (χ0n) is 9.17. The number of hydrogen-bond donors (Lipinski definition) is 2. The van der Waals surface area contributed by atoms with E-state index in [0.717, 1.165) is 0 Å². The fourth-order valence-corrected chi connectivity index (χ4v) is 1.44. The molecule has 2 N–H and O–H groups in total. The van der Waals surface area contributed by atoms with Crippen molar-refractivity contribution in [2.75, 3.05) is 0 Å². The van der Waals surface area contributed by atoms with E-state index in [2.05, 4.69) is 20.5 Å². The number of hydrogen-bond acceptors (Lipinski definition) is 4. The molecule has 0 aromatic carbocycles. The molecule has 2 aromatic rings. The highest BCUT2D eigenvalue weighted by molar-refractivity contribution is 7.71. The van der Waals surface area contributed by atoms with E-state index in [1.54, 1.807) is 36.0 Å². The van der Waals surface area contributed by atoms with Gasteiger partial charge >= 0.3 is 0 Å². The minimum absolute atomic E-state index is 0.237. The van der Waals surface area contributed by atoms with E-state index in [4.69, 9.17) is 12.2 Å². The summed E-state index contributed by atoms with van der Waals surface area (Å²) in [4.78, 5) is 15.6. The molecule has 0 aliphatic heterocycles. The normalized spacial score (nSPS) is 10.2. The summed E-state index contributed by atoms with van der Waals surface area (Å²) >= 11 is 4.97. The predicted octanol–water partition coefficient (Wildman–Crippen LogP) is 0.803. The van der Waals surface area contributed by atoms with Gasteiger partial charge in [0.15, 0.2) is 10.6 Å². The highest BCUT2D eigenvalue weighted by Gasteiger charge is 2.08. The van der Waals surface area contributed by atoms with Gasteiger partial charge in [-0.1, -0.05) is 6.07 Å². The molecule has 0 unspecified atom stereocenters. The molecule has 6 nitrogen and oxygen atoms in total. The fourth-order valence-electron chi connectivity index (χ4n) is 1.28. The molecule has 0 saturated heterocycles. The highest BCUT2D eigenvalue weighted by Crippen LogP contribution is 1.96. The van der Waals surface area contributed by atoms with E-state index in [1.807, 2.05) is 0 Å². The van der Waals surface area contributed by atoms with Gasteiger partial charge in [-0.15, -0.1) is 0 Å². The molecule has 0 radical (unpaired) electrons. The summed E-state index contributed by atoms with van der Waals surface area (Å²) in [6, 6.07) is 5.17. The molecule has 88 valence electrons. The Bertz CT molecular complexity index is 574. The zero-order valence-corrected chi connectivity index (χ0v) is 9.99. The third-order valence-corrected chi connectivity index (χ3v) is 2.64. The molecule has 1 amide bonds. The van der Waals surface area contributed by atoms with Gasteiger partial charge in [0.25, 0.3) is 5.91 Å². The van der Waals surface area contributed by atoms with Gasteiger partial charge < -0.3 is 9.88 Å². The summed E-state index contributed by atoms with van der Waals surface area (Å²) in [5.74, 6) is 0.429. The summed E-state index contributed by atoms with van der Waals surface area (Å²) in [6.45, 7) is 0.305. The molecule has 0 saturated carbocycles. The Hall–Kier alpha value is -2.02. The molecule has 17 heavy (non-hydrogen) atoms. The first kappa shape index (κ1) is 11.5. The van der Waals surface area contributed by atoms with Crippen LogP contribution in [0.1, 0.15) is 16.3 Å². The molecule has 2 heterocycles. The van der Waals surface area contributed by atoms with Crippen LogP contribution in [0.5, 0.6) is 0 Å². The third-order valence-electron chi connectivity index (χ3n) is 2.28.